The Morgan fingerprint density at radius 1 is 1.21 bits per heavy atom. The summed E-state index contributed by atoms with van der Waals surface area (Å²) in [5, 5.41) is 3.61. The molecule has 1 aromatic carbocycles. The third-order valence-electron chi connectivity index (χ3n) is 1.61. The fourth-order valence-corrected chi connectivity index (χ4v) is 0.992. The Labute approximate surface area is 82.1 Å². The van der Waals surface area contributed by atoms with Gasteiger partial charge in [-0.05, 0) is 0 Å². The quantitative estimate of drug-likeness (QED) is 0.412. The Kier molecular flexibility index (Phi) is 3.67. The normalized spacial score (nSPS) is 10.9. The molecule has 0 spiro atoms. The summed E-state index contributed by atoms with van der Waals surface area (Å²) in [5.41, 5.74) is 0.830. The predicted molar refractivity (Wildman–Crippen MR) is 52.0 cm³/mol. The lowest BCUT2D eigenvalue weighted by molar-refractivity contribution is -0.132. The standard InChI is InChI=1S/C10H11NO3/c1-13-10(12)9(11-14-2)8-6-4-3-5-7-8/h3-7H,1-2H3. The fraction of sp³-hybridized carbons (Fsp3) is 0.200. The van der Waals surface area contributed by atoms with E-state index < -0.39 is 5.97 Å². The third-order valence-corrected chi connectivity index (χ3v) is 1.61. The van der Waals surface area contributed by atoms with Crippen LogP contribution >= 0.6 is 0 Å². The van der Waals surface area contributed by atoms with Crippen molar-refractivity contribution in [2.24, 2.45) is 5.16 Å². The maximum Gasteiger partial charge on any atom is 0.360 e. The zero-order chi connectivity index (χ0) is 10.4. The van der Waals surface area contributed by atoms with Gasteiger partial charge in [0.2, 0.25) is 0 Å². The Hall–Kier alpha value is -1.84. The Balaban J connectivity index is 3.02. The van der Waals surface area contributed by atoms with E-state index in [0.29, 0.717) is 5.56 Å². The number of hydrogen-bond donors (Lipinski definition) is 0. The van der Waals surface area contributed by atoms with Gasteiger partial charge in [0, 0.05) is 5.56 Å². The summed E-state index contributed by atoms with van der Waals surface area (Å²) in [5.74, 6) is -0.516. The predicted octanol–water partition coefficient (Wildman–Crippen LogP) is 1.21. The molecule has 0 aliphatic heterocycles. The van der Waals surface area contributed by atoms with Crippen molar-refractivity contribution >= 4 is 11.7 Å². The molecule has 0 radical (unpaired) electrons. The fourth-order valence-electron chi connectivity index (χ4n) is 0.992. The minimum absolute atomic E-state index is 0.163. The minimum Gasteiger partial charge on any atom is -0.464 e. The van der Waals surface area contributed by atoms with E-state index in [4.69, 9.17) is 0 Å². The van der Waals surface area contributed by atoms with Crippen molar-refractivity contribution in [3.05, 3.63) is 35.9 Å². The van der Waals surface area contributed by atoms with E-state index in [1.54, 1.807) is 12.1 Å². The van der Waals surface area contributed by atoms with Crippen LogP contribution in [0.25, 0.3) is 0 Å². The van der Waals surface area contributed by atoms with E-state index in [-0.39, 0.29) is 5.71 Å². The van der Waals surface area contributed by atoms with E-state index in [2.05, 4.69) is 14.7 Å². The van der Waals surface area contributed by atoms with Gasteiger partial charge in [0.05, 0.1) is 7.11 Å². The van der Waals surface area contributed by atoms with Gasteiger partial charge in [0.15, 0.2) is 5.71 Å². The number of ether oxygens (including phenoxy) is 1. The van der Waals surface area contributed by atoms with Gasteiger partial charge in [-0.25, -0.2) is 4.79 Å². The van der Waals surface area contributed by atoms with Crippen LogP contribution in [0.2, 0.25) is 0 Å². The van der Waals surface area contributed by atoms with Crippen LogP contribution in [0.4, 0.5) is 0 Å². The van der Waals surface area contributed by atoms with Crippen molar-refractivity contribution in [1.82, 2.24) is 0 Å². The number of carbonyl (C=O) groups is 1. The number of nitrogens with zero attached hydrogens (tertiary/aromatic N) is 1. The highest BCUT2D eigenvalue weighted by molar-refractivity contribution is 6.43. The number of esters is 1. The Morgan fingerprint density at radius 2 is 1.86 bits per heavy atom. The summed E-state index contributed by atoms with van der Waals surface area (Å²) >= 11 is 0. The first-order valence-electron chi connectivity index (χ1n) is 4.04. The summed E-state index contributed by atoms with van der Waals surface area (Å²) in [6.45, 7) is 0. The van der Waals surface area contributed by atoms with Crippen LogP contribution in [-0.4, -0.2) is 25.9 Å². The number of rotatable bonds is 3. The van der Waals surface area contributed by atoms with Gasteiger partial charge < -0.3 is 9.57 Å². The molecule has 74 valence electrons. The lowest BCUT2D eigenvalue weighted by Gasteiger charge is -2.02. The van der Waals surface area contributed by atoms with Crippen LogP contribution in [-0.2, 0) is 14.4 Å². The number of methoxy groups -OCH3 is 1. The molecule has 1 rings (SSSR count). The third kappa shape index (κ3) is 2.32. The van der Waals surface area contributed by atoms with E-state index >= 15 is 0 Å². The number of benzene rings is 1. The van der Waals surface area contributed by atoms with Crippen molar-refractivity contribution in [1.29, 1.82) is 0 Å². The Bertz CT molecular complexity index is 332. The molecule has 0 N–H and O–H groups in total. The van der Waals surface area contributed by atoms with E-state index in [9.17, 15) is 4.79 Å². The molecule has 0 atom stereocenters. The molecule has 0 aliphatic rings. The average molecular weight is 193 g/mol. The smallest absolute Gasteiger partial charge is 0.360 e. The second kappa shape index (κ2) is 5.01. The Morgan fingerprint density at radius 3 is 2.36 bits per heavy atom. The van der Waals surface area contributed by atoms with E-state index in [1.165, 1.54) is 14.2 Å². The van der Waals surface area contributed by atoms with Gasteiger partial charge >= 0.3 is 5.97 Å². The first kappa shape index (κ1) is 10.2. The van der Waals surface area contributed by atoms with Gasteiger partial charge in [0.25, 0.3) is 0 Å². The average Bonchev–Trinajstić information content (AvgIpc) is 2.26. The highest BCUT2D eigenvalue weighted by Crippen LogP contribution is 2.02. The van der Waals surface area contributed by atoms with Crippen LogP contribution in [0.15, 0.2) is 35.5 Å². The molecule has 1 aromatic rings. The molecule has 0 amide bonds. The lowest BCUT2D eigenvalue weighted by Crippen LogP contribution is -2.17. The summed E-state index contributed by atoms with van der Waals surface area (Å²) in [6, 6.07) is 8.99. The molecule has 4 heteroatoms. The molecule has 0 fully saturated rings. The van der Waals surface area contributed by atoms with Crippen molar-refractivity contribution in [2.75, 3.05) is 14.2 Å². The lowest BCUT2D eigenvalue weighted by atomic mass is 10.1. The molecule has 0 aliphatic carbocycles. The van der Waals surface area contributed by atoms with E-state index in [1.807, 2.05) is 18.2 Å². The number of hydrogen-bond acceptors (Lipinski definition) is 4. The number of carbonyl (C=O) groups excluding carboxylic acids is 1. The molecule has 4 nitrogen and oxygen atoms in total. The second-order valence-electron chi connectivity index (χ2n) is 2.48. The van der Waals surface area contributed by atoms with Crippen molar-refractivity contribution in [3.8, 4) is 0 Å². The maximum absolute atomic E-state index is 11.3. The molecule has 0 saturated heterocycles. The minimum atomic E-state index is -0.516. The molecule has 0 heterocycles. The second-order valence-corrected chi connectivity index (χ2v) is 2.48. The first-order chi connectivity index (χ1) is 6.79. The highest BCUT2D eigenvalue weighted by atomic mass is 16.6. The van der Waals surface area contributed by atoms with Gasteiger partial charge in [-0.1, -0.05) is 35.5 Å². The zero-order valence-electron chi connectivity index (χ0n) is 8.06. The van der Waals surface area contributed by atoms with Crippen molar-refractivity contribution in [2.45, 2.75) is 0 Å². The molecule has 0 aromatic heterocycles. The molecular formula is C10H11NO3. The topological polar surface area (TPSA) is 47.9 Å². The summed E-state index contributed by atoms with van der Waals surface area (Å²) in [4.78, 5) is 15.8. The summed E-state index contributed by atoms with van der Waals surface area (Å²) in [6.07, 6.45) is 0. The SMILES string of the molecule is CON=C(C(=O)OC)c1ccccc1. The molecular weight excluding hydrogens is 182 g/mol. The molecule has 14 heavy (non-hydrogen) atoms. The molecule has 0 bridgehead atoms. The van der Waals surface area contributed by atoms with Crippen LogP contribution in [0.1, 0.15) is 5.56 Å². The van der Waals surface area contributed by atoms with Crippen LogP contribution in [0, 0.1) is 0 Å². The van der Waals surface area contributed by atoms with Gasteiger partial charge in [-0.2, -0.15) is 0 Å². The van der Waals surface area contributed by atoms with E-state index in [0.717, 1.165) is 0 Å². The van der Waals surface area contributed by atoms with Gasteiger partial charge in [-0.3, -0.25) is 0 Å². The molecule has 0 unspecified atom stereocenters. The largest absolute Gasteiger partial charge is 0.464 e. The molecule has 0 saturated carbocycles. The van der Waals surface area contributed by atoms with Crippen LogP contribution in [0.3, 0.4) is 0 Å². The summed E-state index contributed by atoms with van der Waals surface area (Å²) < 4.78 is 4.57. The van der Waals surface area contributed by atoms with Crippen LogP contribution < -0.4 is 0 Å². The monoisotopic (exact) mass is 193 g/mol. The zero-order valence-corrected chi connectivity index (χ0v) is 8.06. The van der Waals surface area contributed by atoms with Crippen molar-refractivity contribution < 1.29 is 14.4 Å². The summed E-state index contributed by atoms with van der Waals surface area (Å²) in [7, 11) is 2.68. The van der Waals surface area contributed by atoms with Gasteiger partial charge in [0.1, 0.15) is 7.11 Å². The van der Waals surface area contributed by atoms with Crippen LogP contribution in [0.5, 0.6) is 0 Å². The highest BCUT2D eigenvalue weighted by Gasteiger charge is 2.14. The maximum atomic E-state index is 11.3. The van der Waals surface area contributed by atoms with Gasteiger partial charge in [-0.15, -0.1) is 0 Å². The number of oxime groups is 1. The first-order valence-corrected chi connectivity index (χ1v) is 4.04. The van der Waals surface area contributed by atoms with Crippen molar-refractivity contribution in [3.63, 3.8) is 0 Å².